The second-order valence-electron chi connectivity index (χ2n) is 4.17. The van der Waals surface area contributed by atoms with Crippen molar-refractivity contribution in [3.05, 3.63) is 29.6 Å². The molecule has 2 unspecified atom stereocenters. The summed E-state index contributed by atoms with van der Waals surface area (Å²) in [5.74, 6) is -2.41. The molecular weight excluding hydrogens is 247 g/mol. The first-order chi connectivity index (χ1) is 7.84. The largest absolute Gasteiger partial charge is 0.481 e. The van der Waals surface area contributed by atoms with Crippen molar-refractivity contribution < 1.29 is 22.7 Å². The van der Waals surface area contributed by atoms with Crippen molar-refractivity contribution in [2.75, 3.05) is 0 Å². The van der Waals surface area contributed by atoms with Gasteiger partial charge in [0.1, 0.15) is 5.82 Å². The van der Waals surface area contributed by atoms with Gasteiger partial charge in [-0.25, -0.2) is 12.8 Å². The number of carbonyl (C=O) groups is 1. The molecule has 0 amide bonds. The molecule has 0 heterocycles. The first kappa shape index (κ1) is 12.0. The van der Waals surface area contributed by atoms with Crippen LogP contribution in [0.2, 0.25) is 0 Å². The highest BCUT2D eigenvalue weighted by Gasteiger charge is 2.52. The minimum absolute atomic E-state index is 0.00912. The van der Waals surface area contributed by atoms with Gasteiger partial charge in [0, 0.05) is 0 Å². The van der Waals surface area contributed by atoms with Crippen molar-refractivity contribution in [1.82, 2.24) is 0 Å². The summed E-state index contributed by atoms with van der Waals surface area (Å²) in [6, 6.07) is 3.50. The number of aliphatic carboxylic acids is 1. The standard InChI is InChI=1S/C11H11FO4S/c1-6-4-7(2-3-9(6)12)17(15,16)10-5-8(10)11(13)14/h2-4,8,10H,5H2,1H3,(H,13,14). The highest BCUT2D eigenvalue weighted by Crippen LogP contribution is 2.40. The summed E-state index contributed by atoms with van der Waals surface area (Å²) in [5.41, 5.74) is 0.235. The molecule has 1 aliphatic rings. The van der Waals surface area contributed by atoms with E-state index < -0.39 is 32.8 Å². The lowest BCUT2D eigenvalue weighted by Gasteiger charge is -2.04. The third-order valence-electron chi connectivity index (χ3n) is 2.91. The second kappa shape index (κ2) is 3.80. The van der Waals surface area contributed by atoms with Crippen LogP contribution in [0.1, 0.15) is 12.0 Å². The molecule has 0 bridgehead atoms. The topological polar surface area (TPSA) is 71.4 Å². The normalized spacial score (nSPS) is 23.4. The maximum atomic E-state index is 13.0. The fourth-order valence-corrected chi connectivity index (χ4v) is 3.70. The zero-order chi connectivity index (χ0) is 12.8. The summed E-state index contributed by atoms with van der Waals surface area (Å²) in [6.45, 7) is 1.47. The van der Waals surface area contributed by atoms with Gasteiger partial charge >= 0.3 is 5.97 Å². The molecule has 92 valence electrons. The van der Waals surface area contributed by atoms with Gasteiger partial charge in [-0.2, -0.15) is 0 Å². The van der Waals surface area contributed by atoms with Crippen molar-refractivity contribution in [2.45, 2.75) is 23.5 Å². The van der Waals surface area contributed by atoms with Crippen molar-refractivity contribution >= 4 is 15.8 Å². The number of sulfone groups is 1. The van der Waals surface area contributed by atoms with Crippen LogP contribution >= 0.6 is 0 Å². The van der Waals surface area contributed by atoms with Gasteiger partial charge in [-0.1, -0.05) is 0 Å². The molecule has 17 heavy (non-hydrogen) atoms. The minimum Gasteiger partial charge on any atom is -0.481 e. The lowest BCUT2D eigenvalue weighted by molar-refractivity contribution is -0.138. The number of rotatable bonds is 3. The smallest absolute Gasteiger partial charge is 0.307 e. The first-order valence-electron chi connectivity index (χ1n) is 5.07. The lowest BCUT2D eigenvalue weighted by atomic mass is 10.2. The molecule has 1 fully saturated rings. The van der Waals surface area contributed by atoms with Crippen LogP contribution in [-0.2, 0) is 14.6 Å². The van der Waals surface area contributed by atoms with E-state index in [1.54, 1.807) is 0 Å². The summed E-state index contributed by atoms with van der Waals surface area (Å²) >= 11 is 0. The monoisotopic (exact) mass is 258 g/mol. The number of hydrogen-bond acceptors (Lipinski definition) is 3. The molecule has 2 atom stereocenters. The van der Waals surface area contributed by atoms with Crippen LogP contribution in [0, 0.1) is 18.7 Å². The van der Waals surface area contributed by atoms with E-state index in [4.69, 9.17) is 5.11 Å². The van der Waals surface area contributed by atoms with Crippen LogP contribution in [0.15, 0.2) is 23.1 Å². The molecule has 0 aromatic heterocycles. The van der Waals surface area contributed by atoms with E-state index in [2.05, 4.69) is 0 Å². The van der Waals surface area contributed by atoms with Gasteiger partial charge in [-0.3, -0.25) is 4.79 Å². The van der Waals surface area contributed by atoms with E-state index in [0.717, 1.165) is 6.07 Å². The summed E-state index contributed by atoms with van der Waals surface area (Å²) in [6.07, 6.45) is 0.133. The van der Waals surface area contributed by atoms with Crippen LogP contribution in [0.5, 0.6) is 0 Å². The van der Waals surface area contributed by atoms with Crippen molar-refractivity contribution in [2.24, 2.45) is 5.92 Å². The number of carboxylic acid groups (broad SMARTS) is 1. The molecule has 1 saturated carbocycles. The van der Waals surface area contributed by atoms with E-state index >= 15 is 0 Å². The number of hydrogen-bond donors (Lipinski definition) is 1. The summed E-state index contributed by atoms with van der Waals surface area (Å²) in [7, 11) is -3.65. The maximum Gasteiger partial charge on any atom is 0.307 e. The van der Waals surface area contributed by atoms with Crippen molar-refractivity contribution in [1.29, 1.82) is 0 Å². The zero-order valence-corrected chi connectivity index (χ0v) is 9.87. The van der Waals surface area contributed by atoms with Gasteiger partial charge in [0.15, 0.2) is 9.84 Å². The summed E-state index contributed by atoms with van der Waals surface area (Å²) in [4.78, 5) is 10.6. The Balaban J connectivity index is 2.34. The Bertz CT molecular complexity index is 579. The van der Waals surface area contributed by atoms with Gasteiger partial charge in [-0.15, -0.1) is 0 Å². The van der Waals surface area contributed by atoms with Crippen LogP contribution in [-0.4, -0.2) is 24.7 Å². The zero-order valence-electron chi connectivity index (χ0n) is 9.05. The molecule has 0 radical (unpaired) electrons. The van der Waals surface area contributed by atoms with Crippen LogP contribution in [0.3, 0.4) is 0 Å². The van der Waals surface area contributed by atoms with Gasteiger partial charge in [-0.05, 0) is 37.1 Å². The predicted octanol–water partition coefficient (Wildman–Crippen LogP) is 1.38. The highest BCUT2D eigenvalue weighted by atomic mass is 32.2. The molecule has 0 saturated heterocycles. The quantitative estimate of drug-likeness (QED) is 0.831. The van der Waals surface area contributed by atoms with Crippen LogP contribution in [0.4, 0.5) is 4.39 Å². The third kappa shape index (κ3) is 2.04. The Labute approximate surface area is 98.0 Å². The lowest BCUT2D eigenvalue weighted by Crippen LogP contribution is -2.13. The van der Waals surface area contributed by atoms with Gasteiger partial charge in [0.25, 0.3) is 0 Å². The van der Waals surface area contributed by atoms with Gasteiger partial charge in [0.2, 0.25) is 0 Å². The molecule has 1 aromatic rings. The van der Waals surface area contributed by atoms with Crippen LogP contribution in [0.25, 0.3) is 0 Å². The Kier molecular flexibility index (Phi) is 2.69. The molecule has 2 rings (SSSR count). The van der Waals surface area contributed by atoms with Gasteiger partial charge in [0.05, 0.1) is 16.1 Å². The van der Waals surface area contributed by atoms with E-state index in [0.29, 0.717) is 0 Å². The van der Waals surface area contributed by atoms with E-state index in [1.807, 2.05) is 0 Å². The Morgan fingerprint density at radius 2 is 2.12 bits per heavy atom. The number of benzene rings is 1. The molecule has 4 nitrogen and oxygen atoms in total. The SMILES string of the molecule is Cc1cc(S(=O)(=O)C2CC2C(=O)O)ccc1F. The van der Waals surface area contributed by atoms with Crippen LogP contribution < -0.4 is 0 Å². The molecule has 1 aliphatic carbocycles. The average Bonchev–Trinajstić information content (AvgIpc) is 3.01. The molecular formula is C11H11FO4S. The van der Waals surface area contributed by atoms with Gasteiger partial charge < -0.3 is 5.11 Å². The maximum absolute atomic E-state index is 13.0. The summed E-state index contributed by atoms with van der Waals surface area (Å²) < 4.78 is 37.0. The highest BCUT2D eigenvalue weighted by molar-refractivity contribution is 7.92. The summed E-state index contributed by atoms with van der Waals surface area (Å²) in [5, 5.41) is 7.84. The number of carboxylic acids is 1. The second-order valence-corrected chi connectivity index (χ2v) is 6.34. The predicted molar refractivity (Wildman–Crippen MR) is 57.9 cm³/mol. The molecule has 1 aromatic carbocycles. The van der Waals surface area contributed by atoms with E-state index in [1.165, 1.54) is 19.1 Å². The molecule has 6 heteroatoms. The first-order valence-corrected chi connectivity index (χ1v) is 6.61. The average molecular weight is 258 g/mol. The fourth-order valence-electron chi connectivity index (χ4n) is 1.74. The molecule has 0 aliphatic heterocycles. The third-order valence-corrected chi connectivity index (χ3v) is 5.13. The van der Waals surface area contributed by atoms with Crippen molar-refractivity contribution in [3.63, 3.8) is 0 Å². The Morgan fingerprint density at radius 3 is 2.59 bits per heavy atom. The minimum atomic E-state index is -3.65. The van der Waals surface area contributed by atoms with E-state index in [-0.39, 0.29) is 16.9 Å². The number of aryl methyl sites for hydroxylation is 1. The Morgan fingerprint density at radius 1 is 1.47 bits per heavy atom. The Hall–Kier alpha value is -1.43. The van der Waals surface area contributed by atoms with Crippen molar-refractivity contribution in [3.8, 4) is 0 Å². The number of halogens is 1. The molecule has 1 N–H and O–H groups in total. The van der Waals surface area contributed by atoms with E-state index in [9.17, 15) is 17.6 Å². The fraction of sp³-hybridized carbons (Fsp3) is 0.364. The molecule has 0 spiro atoms.